The van der Waals surface area contributed by atoms with E-state index in [0.717, 1.165) is 52.2 Å². The monoisotopic (exact) mass is 312 g/mol. The molecule has 0 aliphatic carbocycles. The third-order valence-electron chi connectivity index (χ3n) is 4.57. The Bertz CT molecular complexity index is 405. The lowest BCUT2D eigenvalue weighted by Gasteiger charge is -2.37. The molecule has 0 aromatic carbocycles. The van der Waals surface area contributed by atoms with Crippen LogP contribution in [0.4, 0.5) is 0 Å². The average molecular weight is 312 g/mol. The second kappa shape index (κ2) is 7.42. The number of hydrogen-bond donors (Lipinski definition) is 0. The SMILES string of the molecule is COC(=O)C[C@H]1CCCN1C(=O)C(C)(C)CN1CCOCC1. The van der Waals surface area contributed by atoms with Crippen LogP contribution in [0.25, 0.3) is 0 Å². The van der Waals surface area contributed by atoms with Gasteiger partial charge in [-0.05, 0) is 26.7 Å². The Hall–Kier alpha value is -1.14. The van der Waals surface area contributed by atoms with Gasteiger partial charge in [0.1, 0.15) is 0 Å². The number of amides is 1. The zero-order chi connectivity index (χ0) is 16.2. The van der Waals surface area contributed by atoms with Gasteiger partial charge < -0.3 is 14.4 Å². The molecule has 2 heterocycles. The van der Waals surface area contributed by atoms with Crippen molar-refractivity contribution in [3.63, 3.8) is 0 Å². The van der Waals surface area contributed by atoms with Crippen LogP contribution < -0.4 is 0 Å². The first-order chi connectivity index (χ1) is 10.4. The number of rotatable bonds is 5. The van der Waals surface area contributed by atoms with Gasteiger partial charge >= 0.3 is 5.97 Å². The van der Waals surface area contributed by atoms with E-state index in [9.17, 15) is 9.59 Å². The highest BCUT2D eigenvalue weighted by Gasteiger charge is 2.39. The van der Waals surface area contributed by atoms with E-state index in [4.69, 9.17) is 9.47 Å². The van der Waals surface area contributed by atoms with Crippen molar-refractivity contribution in [2.45, 2.75) is 39.2 Å². The van der Waals surface area contributed by atoms with Gasteiger partial charge in [-0.25, -0.2) is 0 Å². The molecular weight excluding hydrogens is 284 g/mol. The van der Waals surface area contributed by atoms with Crippen LogP contribution in [0.3, 0.4) is 0 Å². The van der Waals surface area contributed by atoms with Crippen molar-refractivity contribution in [3.8, 4) is 0 Å². The van der Waals surface area contributed by atoms with Crippen molar-refractivity contribution < 1.29 is 19.1 Å². The number of methoxy groups -OCH3 is 1. The summed E-state index contributed by atoms with van der Waals surface area (Å²) in [5, 5.41) is 0. The standard InChI is InChI=1S/C16H28N2O4/c1-16(2,12-17-7-9-22-10-8-17)15(20)18-6-4-5-13(18)11-14(19)21-3/h13H,4-12H2,1-3H3/t13-/m1/s1. The smallest absolute Gasteiger partial charge is 0.307 e. The van der Waals surface area contributed by atoms with Crippen molar-refractivity contribution >= 4 is 11.9 Å². The van der Waals surface area contributed by atoms with Crippen LogP contribution in [-0.2, 0) is 19.1 Å². The van der Waals surface area contributed by atoms with Gasteiger partial charge in [-0.3, -0.25) is 14.5 Å². The van der Waals surface area contributed by atoms with Gasteiger partial charge in [0.25, 0.3) is 0 Å². The van der Waals surface area contributed by atoms with Gasteiger partial charge in [0.15, 0.2) is 0 Å². The predicted octanol–water partition coefficient (Wildman–Crippen LogP) is 0.899. The Morgan fingerprint density at radius 2 is 1.91 bits per heavy atom. The Kier molecular flexibility index (Phi) is 5.81. The van der Waals surface area contributed by atoms with Crippen LogP contribution in [0.2, 0.25) is 0 Å². The van der Waals surface area contributed by atoms with Crippen molar-refractivity contribution in [1.29, 1.82) is 0 Å². The van der Waals surface area contributed by atoms with Crippen molar-refractivity contribution in [2.24, 2.45) is 5.41 Å². The van der Waals surface area contributed by atoms with E-state index < -0.39 is 5.41 Å². The van der Waals surface area contributed by atoms with Gasteiger partial charge in [-0.15, -0.1) is 0 Å². The topological polar surface area (TPSA) is 59.1 Å². The molecule has 0 radical (unpaired) electrons. The summed E-state index contributed by atoms with van der Waals surface area (Å²) in [5.41, 5.74) is -0.448. The Morgan fingerprint density at radius 3 is 2.55 bits per heavy atom. The fourth-order valence-electron chi connectivity index (χ4n) is 3.37. The van der Waals surface area contributed by atoms with E-state index in [1.165, 1.54) is 7.11 Å². The van der Waals surface area contributed by atoms with Crippen LogP contribution in [-0.4, -0.2) is 74.2 Å². The van der Waals surface area contributed by atoms with Crippen LogP contribution in [0.5, 0.6) is 0 Å². The normalized spacial score (nSPS) is 23.6. The average Bonchev–Trinajstić information content (AvgIpc) is 2.94. The Balaban J connectivity index is 1.96. The highest BCUT2D eigenvalue weighted by molar-refractivity contribution is 5.83. The number of morpholine rings is 1. The second-order valence-electron chi connectivity index (χ2n) is 6.85. The largest absolute Gasteiger partial charge is 0.469 e. The van der Waals surface area contributed by atoms with Crippen LogP contribution in [0, 0.1) is 5.41 Å². The van der Waals surface area contributed by atoms with Gasteiger partial charge in [-0.2, -0.15) is 0 Å². The second-order valence-corrected chi connectivity index (χ2v) is 6.85. The molecule has 6 nitrogen and oxygen atoms in total. The van der Waals surface area contributed by atoms with E-state index in [1.807, 2.05) is 18.7 Å². The molecule has 0 aromatic heterocycles. The first-order valence-electron chi connectivity index (χ1n) is 8.12. The minimum atomic E-state index is -0.448. The van der Waals surface area contributed by atoms with Crippen molar-refractivity contribution in [2.75, 3.05) is 46.5 Å². The van der Waals surface area contributed by atoms with E-state index in [2.05, 4.69) is 4.90 Å². The zero-order valence-corrected chi connectivity index (χ0v) is 14.0. The third-order valence-corrected chi connectivity index (χ3v) is 4.57. The van der Waals surface area contributed by atoms with Crippen LogP contribution in [0.1, 0.15) is 33.1 Å². The highest BCUT2D eigenvalue weighted by atomic mass is 16.5. The summed E-state index contributed by atoms with van der Waals surface area (Å²) in [4.78, 5) is 28.6. The van der Waals surface area contributed by atoms with Crippen LogP contribution in [0.15, 0.2) is 0 Å². The molecule has 22 heavy (non-hydrogen) atoms. The van der Waals surface area contributed by atoms with Gasteiger partial charge in [-0.1, -0.05) is 0 Å². The predicted molar refractivity (Wildman–Crippen MR) is 82.4 cm³/mol. The molecule has 0 bridgehead atoms. The molecule has 1 amide bonds. The zero-order valence-electron chi connectivity index (χ0n) is 14.0. The van der Waals surface area contributed by atoms with Gasteiger partial charge in [0.05, 0.1) is 32.2 Å². The summed E-state index contributed by atoms with van der Waals surface area (Å²) in [6.07, 6.45) is 2.14. The molecule has 2 aliphatic heterocycles. The molecule has 1 atom stereocenters. The maximum absolute atomic E-state index is 12.9. The first kappa shape index (κ1) is 17.2. The summed E-state index contributed by atoms with van der Waals surface area (Å²) < 4.78 is 10.1. The molecule has 2 aliphatic rings. The van der Waals surface area contributed by atoms with Gasteiger partial charge in [0.2, 0.25) is 5.91 Å². The third kappa shape index (κ3) is 4.20. The molecule has 0 unspecified atom stereocenters. The number of ether oxygens (including phenoxy) is 2. The number of carbonyl (C=O) groups excluding carboxylic acids is 2. The Morgan fingerprint density at radius 1 is 1.23 bits per heavy atom. The maximum Gasteiger partial charge on any atom is 0.307 e. The maximum atomic E-state index is 12.9. The summed E-state index contributed by atoms with van der Waals surface area (Å²) in [6, 6.07) is -0.0103. The first-order valence-corrected chi connectivity index (χ1v) is 8.12. The molecule has 2 rings (SSSR count). The molecular formula is C16H28N2O4. The van der Waals surface area contributed by atoms with E-state index >= 15 is 0 Å². The highest BCUT2D eigenvalue weighted by Crippen LogP contribution is 2.28. The molecule has 0 aromatic rings. The minimum Gasteiger partial charge on any atom is -0.469 e. The fraction of sp³-hybridized carbons (Fsp3) is 0.875. The summed E-state index contributed by atoms with van der Waals surface area (Å²) in [5.74, 6) is -0.0962. The van der Waals surface area contributed by atoms with E-state index in [1.54, 1.807) is 0 Å². The van der Waals surface area contributed by atoms with Gasteiger partial charge in [0, 0.05) is 32.2 Å². The lowest BCUT2D eigenvalue weighted by Crippen LogP contribution is -2.50. The summed E-state index contributed by atoms with van der Waals surface area (Å²) >= 11 is 0. The van der Waals surface area contributed by atoms with Crippen LogP contribution >= 0.6 is 0 Å². The quantitative estimate of drug-likeness (QED) is 0.706. The number of nitrogens with zero attached hydrogens (tertiary/aromatic N) is 2. The number of carbonyl (C=O) groups is 2. The molecule has 0 spiro atoms. The molecule has 6 heteroatoms. The molecule has 0 saturated carbocycles. The number of esters is 1. The lowest BCUT2D eigenvalue weighted by molar-refractivity contribution is -0.146. The lowest BCUT2D eigenvalue weighted by atomic mass is 9.90. The summed E-state index contributed by atoms with van der Waals surface area (Å²) in [7, 11) is 1.39. The number of likely N-dealkylation sites (tertiary alicyclic amines) is 1. The number of hydrogen-bond acceptors (Lipinski definition) is 5. The molecule has 0 N–H and O–H groups in total. The van der Waals surface area contributed by atoms with Crippen molar-refractivity contribution in [3.05, 3.63) is 0 Å². The van der Waals surface area contributed by atoms with E-state index in [0.29, 0.717) is 6.42 Å². The molecule has 126 valence electrons. The van der Waals surface area contributed by atoms with E-state index in [-0.39, 0.29) is 17.9 Å². The fourth-order valence-corrected chi connectivity index (χ4v) is 3.37. The molecule has 2 fully saturated rings. The minimum absolute atomic E-state index is 0.0103. The Labute approximate surface area is 132 Å². The molecule has 2 saturated heterocycles. The van der Waals surface area contributed by atoms with Crippen molar-refractivity contribution in [1.82, 2.24) is 9.80 Å². The summed E-state index contributed by atoms with van der Waals surface area (Å²) in [6.45, 7) is 8.70.